The molecule has 1 heterocycles. The minimum atomic E-state index is -1.57. The molecule has 0 spiro atoms. The molecular formula is C88H169NO8. The van der Waals surface area contributed by atoms with Gasteiger partial charge in [-0.05, 0) is 51.4 Å². The first-order chi connectivity index (χ1) is 47.8. The van der Waals surface area contributed by atoms with Crippen molar-refractivity contribution in [2.45, 2.75) is 506 Å². The average Bonchev–Trinajstić information content (AvgIpc) is 0.854. The summed E-state index contributed by atoms with van der Waals surface area (Å²) in [6.45, 7) is 3.84. The Morgan fingerprint density at radius 2 is 0.608 bits per heavy atom. The van der Waals surface area contributed by atoms with Crippen molar-refractivity contribution in [1.29, 1.82) is 0 Å². The number of carbonyl (C=O) groups excluding carboxylic acids is 1. The number of carbonyl (C=O) groups is 1. The molecule has 1 fully saturated rings. The summed E-state index contributed by atoms with van der Waals surface area (Å²) in [4.78, 5) is 13.2. The van der Waals surface area contributed by atoms with Gasteiger partial charge in [0.15, 0.2) is 6.29 Å². The molecule has 0 aromatic carbocycles. The van der Waals surface area contributed by atoms with Crippen molar-refractivity contribution >= 4 is 5.91 Å². The highest BCUT2D eigenvalue weighted by Crippen LogP contribution is 2.24. The molecule has 1 aliphatic heterocycles. The summed E-state index contributed by atoms with van der Waals surface area (Å²) in [5, 5.41) is 55.0. The number of amides is 1. The Bertz CT molecular complexity index is 1640. The van der Waals surface area contributed by atoms with Crippen LogP contribution in [-0.2, 0) is 14.3 Å². The van der Waals surface area contributed by atoms with E-state index in [2.05, 4.69) is 43.5 Å². The van der Waals surface area contributed by atoms with Gasteiger partial charge in [0.2, 0.25) is 5.91 Å². The molecule has 1 rings (SSSR count). The first-order valence-corrected chi connectivity index (χ1v) is 43.7. The highest BCUT2D eigenvalue weighted by atomic mass is 16.7. The summed E-state index contributed by atoms with van der Waals surface area (Å²) in [5.41, 5.74) is 0. The molecule has 9 nitrogen and oxygen atoms in total. The number of hydrogen-bond acceptors (Lipinski definition) is 8. The Hall–Kier alpha value is -1.59. The van der Waals surface area contributed by atoms with Crippen molar-refractivity contribution in [2.75, 3.05) is 13.2 Å². The number of unbranched alkanes of at least 4 members (excludes halogenated alkanes) is 65. The first kappa shape index (κ1) is 93.4. The van der Waals surface area contributed by atoms with Gasteiger partial charge in [-0.2, -0.15) is 0 Å². The number of aliphatic hydroxyl groups is 5. The number of rotatable bonds is 79. The van der Waals surface area contributed by atoms with E-state index in [-0.39, 0.29) is 12.5 Å². The number of aliphatic hydroxyl groups excluding tert-OH is 5. The first-order valence-electron chi connectivity index (χ1n) is 43.7. The largest absolute Gasteiger partial charge is 0.394 e. The van der Waals surface area contributed by atoms with Crippen LogP contribution in [0, 0.1) is 0 Å². The van der Waals surface area contributed by atoms with Crippen LogP contribution in [0.1, 0.15) is 463 Å². The second kappa shape index (κ2) is 77.0. The monoisotopic (exact) mass is 1370 g/mol. The lowest BCUT2D eigenvalue weighted by Gasteiger charge is -2.40. The molecule has 1 amide bonds. The summed E-state index contributed by atoms with van der Waals surface area (Å²) < 4.78 is 11.4. The summed E-state index contributed by atoms with van der Waals surface area (Å²) in [7, 11) is 0. The maximum atomic E-state index is 13.2. The molecule has 97 heavy (non-hydrogen) atoms. The summed E-state index contributed by atoms with van der Waals surface area (Å²) in [5.74, 6) is -0.166. The number of ether oxygens (including phenoxy) is 2. The molecule has 0 radical (unpaired) electrons. The van der Waals surface area contributed by atoms with E-state index in [1.165, 1.54) is 398 Å². The lowest BCUT2D eigenvalue weighted by atomic mass is 9.99. The molecule has 0 aliphatic carbocycles. The van der Waals surface area contributed by atoms with Crippen molar-refractivity contribution in [3.63, 3.8) is 0 Å². The molecule has 574 valence electrons. The maximum absolute atomic E-state index is 13.2. The lowest BCUT2D eigenvalue weighted by molar-refractivity contribution is -0.302. The molecule has 7 unspecified atom stereocenters. The van der Waals surface area contributed by atoms with Crippen LogP contribution in [0.5, 0.6) is 0 Å². The van der Waals surface area contributed by atoms with Crippen LogP contribution in [-0.4, -0.2) is 87.5 Å². The Morgan fingerprint density at radius 1 is 0.351 bits per heavy atom. The van der Waals surface area contributed by atoms with Gasteiger partial charge in [-0.3, -0.25) is 4.79 Å². The van der Waals surface area contributed by atoms with E-state index < -0.39 is 49.5 Å². The normalized spacial score (nSPS) is 17.5. The Labute approximate surface area is 603 Å². The molecule has 1 saturated heterocycles. The van der Waals surface area contributed by atoms with Gasteiger partial charge in [-0.25, -0.2) is 0 Å². The fourth-order valence-corrected chi connectivity index (χ4v) is 14.4. The fraction of sp³-hybridized carbons (Fsp3) is 0.920. The minimum absolute atomic E-state index is 0.166. The highest BCUT2D eigenvalue weighted by molar-refractivity contribution is 5.76. The second-order valence-corrected chi connectivity index (χ2v) is 30.7. The number of hydrogen-bond donors (Lipinski definition) is 6. The van der Waals surface area contributed by atoms with Gasteiger partial charge in [0, 0.05) is 6.42 Å². The maximum Gasteiger partial charge on any atom is 0.220 e. The van der Waals surface area contributed by atoms with Crippen LogP contribution < -0.4 is 5.32 Å². The quantitative estimate of drug-likeness (QED) is 0.0261. The smallest absolute Gasteiger partial charge is 0.220 e. The molecule has 7 atom stereocenters. The third-order valence-corrected chi connectivity index (χ3v) is 21.2. The van der Waals surface area contributed by atoms with Crippen LogP contribution in [0.15, 0.2) is 36.5 Å². The van der Waals surface area contributed by atoms with E-state index in [1.807, 2.05) is 6.08 Å². The standard InChI is InChI=1S/C88H169NO8/c1-3-5-7-9-11-13-15-17-19-21-23-25-27-29-31-33-35-37-38-39-40-41-42-43-44-46-48-50-52-54-56-58-60-62-64-66-68-70-72-74-76-78-84(92)89-81(80-96-88-87(95)86(94)85(93)83(79-90)97-88)82(91)77-75-73-71-69-67-65-63-61-59-57-55-53-51-49-47-45-36-34-32-30-28-26-24-22-20-18-16-14-12-10-8-6-4-2/h15,17,21,23,75,77,81-83,85-88,90-91,93-95H,3-14,16,18-20,22,24-74,76,78-80H2,1-2H3,(H,89,92)/b17-15-,23-21-,77-75+. The van der Waals surface area contributed by atoms with Crippen LogP contribution in [0.25, 0.3) is 0 Å². The lowest BCUT2D eigenvalue weighted by Crippen LogP contribution is -2.60. The van der Waals surface area contributed by atoms with Gasteiger partial charge < -0.3 is 40.3 Å². The third kappa shape index (κ3) is 65.0. The van der Waals surface area contributed by atoms with Gasteiger partial charge >= 0.3 is 0 Å². The van der Waals surface area contributed by atoms with Gasteiger partial charge in [0.05, 0.1) is 25.4 Å². The summed E-state index contributed by atoms with van der Waals surface area (Å²) in [6.07, 6.45) is 99.1. The Kier molecular flexibility index (Phi) is 74.2. The number of allylic oxidation sites excluding steroid dienone is 5. The van der Waals surface area contributed by atoms with E-state index in [0.717, 1.165) is 44.9 Å². The molecule has 1 aliphatic rings. The molecule has 0 aromatic heterocycles. The molecule has 0 bridgehead atoms. The third-order valence-electron chi connectivity index (χ3n) is 21.2. The molecular weight excluding hydrogens is 1200 g/mol. The molecule has 0 saturated carbocycles. The van der Waals surface area contributed by atoms with Crippen molar-refractivity contribution in [1.82, 2.24) is 5.32 Å². The van der Waals surface area contributed by atoms with Gasteiger partial charge in [0.1, 0.15) is 24.4 Å². The zero-order valence-electron chi connectivity index (χ0n) is 64.9. The van der Waals surface area contributed by atoms with E-state index in [0.29, 0.717) is 6.42 Å². The van der Waals surface area contributed by atoms with Crippen molar-refractivity contribution in [2.24, 2.45) is 0 Å². The van der Waals surface area contributed by atoms with Crippen molar-refractivity contribution in [3.8, 4) is 0 Å². The van der Waals surface area contributed by atoms with Gasteiger partial charge in [-0.15, -0.1) is 0 Å². The molecule has 6 N–H and O–H groups in total. The zero-order valence-corrected chi connectivity index (χ0v) is 64.9. The van der Waals surface area contributed by atoms with Crippen LogP contribution in [0.3, 0.4) is 0 Å². The van der Waals surface area contributed by atoms with Crippen LogP contribution in [0.4, 0.5) is 0 Å². The molecule has 9 heteroatoms. The topological polar surface area (TPSA) is 149 Å². The highest BCUT2D eigenvalue weighted by Gasteiger charge is 2.44. The summed E-state index contributed by atoms with van der Waals surface area (Å²) >= 11 is 0. The minimum Gasteiger partial charge on any atom is -0.394 e. The van der Waals surface area contributed by atoms with Crippen LogP contribution in [0.2, 0.25) is 0 Å². The van der Waals surface area contributed by atoms with Crippen LogP contribution >= 0.6 is 0 Å². The van der Waals surface area contributed by atoms with Crippen molar-refractivity contribution in [3.05, 3.63) is 36.5 Å². The van der Waals surface area contributed by atoms with E-state index in [9.17, 15) is 30.3 Å². The van der Waals surface area contributed by atoms with Gasteiger partial charge in [-0.1, -0.05) is 442 Å². The predicted molar refractivity (Wildman–Crippen MR) is 420 cm³/mol. The van der Waals surface area contributed by atoms with E-state index in [4.69, 9.17) is 9.47 Å². The molecule has 0 aromatic rings. The fourth-order valence-electron chi connectivity index (χ4n) is 14.4. The van der Waals surface area contributed by atoms with E-state index >= 15 is 0 Å². The zero-order chi connectivity index (χ0) is 69.9. The predicted octanol–water partition coefficient (Wildman–Crippen LogP) is 25.7. The number of nitrogens with one attached hydrogen (secondary N) is 1. The SMILES string of the molecule is CCCCCCC/C=C\C/C=C\CCCCCCCCCCCCCCCCCCCCCCCCCCCCCCCC(=O)NC(COC1OC(CO)C(O)C(O)C1O)C(O)/C=C/CCCCCCCCCCCCCCCCCCCCCCCCCCCCCCCCC. The Balaban J connectivity index is 2.02. The summed E-state index contributed by atoms with van der Waals surface area (Å²) in [6, 6.07) is -0.805. The van der Waals surface area contributed by atoms with Gasteiger partial charge in [0.25, 0.3) is 0 Å². The second-order valence-electron chi connectivity index (χ2n) is 30.7. The Morgan fingerprint density at radius 3 is 0.887 bits per heavy atom. The van der Waals surface area contributed by atoms with E-state index in [1.54, 1.807) is 6.08 Å². The average molecular weight is 1370 g/mol. The van der Waals surface area contributed by atoms with Crippen molar-refractivity contribution < 1.29 is 39.8 Å².